The predicted molar refractivity (Wildman–Crippen MR) is 83.7 cm³/mol. The monoisotopic (exact) mass is 291 g/mol. The van der Waals surface area contributed by atoms with Crippen LogP contribution in [0, 0.1) is 0 Å². The van der Waals surface area contributed by atoms with Gasteiger partial charge in [0.1, 0.15) is 0 Å². The van der Waals surface area contributed by atoms with Gasteiger partial charge in [-0.3, -0.25) is 9.59 Å². The third-order valence-corrected chi connectivity index (χ3v) is 3.28. The molecule has 0 spiro atoms. The largest absolute Gasteiger partial charge is 0.340 e. The van der Waals surface area contributed by atoms with E-state index in [1.165, 1.54) is 6.92 Å². The molecule has 0 atom stereocenters. The zero-order valence-corrected chi connectivity index (χ0v) is 13.4. The van der Waals surface area contributed by atoms with E-state index < -0.39 is 0 Å². The summed E-state index contributed by atoms with van der Waals surface area (Å²) in [5.74, 6) is -0.119. The van der Waals surface area contributed by atoms with E-state index in [9.17, 15) is 9.59 Å². The maximum absolute atomic E-state index is 12.2. The van der Waals surface area contributed by atoms with Gasteiger partial charge in [-0.05, 0) is 19.7 Å². The zero-order valence-electron chi connectivity index (χ0n) is 13.4. The molecular formula is C16H25N3O2. The van der Waals surface area contributed by atoms with Gasteiger partial charge < -0.3 is 14.7 Å². The van der Waals surface area contributed by atoms with Crippen LogP contribution in [0.3, 0.4) is 0 Å². The summed E-state index contributed by atoms with van der Waals surface area (Å²) >= 11 is 0. The number of hydrogen-bond acceptors (Lipinski definition) is 3. The quantitative estimate of drug-likeness (QED) is 0.754. The van der Waals surface area contributed by atoms with E-state index in [4.69, 9.17) is 0 Å². The summed E-state index contributed by atoms with van der Waals surface area (Å²) in [6.45, 7) is 3.49. The highest BCUT2D eigenvalue weighted by Crippen LogP contribution is 2.03. The second-order valence-corrected chi connectivity index (χ2v) is 5.48. The van der Waals surface area contributed by atoms with E-state index in [1.807, 2.05) is 49.3 Å². The Labute approximate surface area is 127 Å². The minimum atomic E-state index is -0.0710. The molecule has 0 radical (unpaired) electrons. The Bertz CT molecular complexity index is 460. The summed E-state index contributed by atoms with van der Waals surface area (Å²) in [6.07, 6.45) is 0. The van der Waals surface area contributed by atoms with Crippen molar-refractivity contribution >= 4 is 11.8 Å². The highest BCUT2D eigenvalue weighted by molar-refractivity contribution is 5.83. The Kier molecular flexibility index (Phi) is 6.88. The Balaban J connectivity index is 2.54. The predicted octanol–water partition coefficient (Wildman–Crippen LogP) is 1.06. The number of rotatable bonds is 7. The van der Waals surface area contributed by atoms with Crippen molar-refractivity contribution in [3.8, 4) is 0 Å². The minimum Gasteiger partial charge on any atom is -0.340 e. The van der Waals surface area contributed by atoms with Crippen molar-refractivity contribution in [2.45, 2.75) is 13.5 Å². The molecule has 0 unspecified atom stereocenters. The van der Waals surface area contributed by atoms with Crippen LogP contribution in [0.2, 0.25) is 0 Å². The lowest BCUT2D eigenvalue weighted by atomic mass is 10.2. The van der Waals surface area contributed by atoms with E-state index in [0.717, 1.165) is 12.1 Å². The fourth-order valence-electron chi connectivity index (χ4n) is 1.90. The molecule has 1 rings (SSSR count). The molecule has 0 fully saturated rings. The molecule has 1 aromatic rings. The third-order valence-electron chi connectivity index (χ3n) is 3.28. The maximum Gasteiger partial charge on any atom is 0.242 e. The summed E-state index contributed by atoms with van der Waals surface area (Å²) < 4.78 is 0. The van der Waals surface area contributed by atoms with Gasteiger partial charge in [0.15, 0.2) is 0 Å². The standard InChI is InChI=1S/C16H25N3O2/c1-14(20)19(11-10-17(2)3)13-16(21)18(4)12-15-8-6-5-7-9-15/h5-9H,10-13H2,1-4H3. The Hall–Kier alpha value is -1.88. The molecule has 2 amide bonds. The number of benzene rings is 1. The Morgan fingerprint density at radius 2 is 1.62 bits per heavy atom. The molecule has 0 aliphatic carbocycles. The van der Waals surface area contributed by atoms with Crippen LogP contribution in [-0.2, 0) is 16.1 Å². The lowest BCUT2D eigenvalue weighted by Gasteiger charge is -2.25. The van der Waals surface area contributed by atoms with E-state index in [0.29, 0.717) is 13.1 Å². The molecule has 0 saturated heterocycles. The van der Waals surface area contributed by atoms with E-state index in [-0.39, 0.29) is 18.4 Å². The summed E-state index contributed by atoms with van der Waals surface area (Å²) in [5, 5.41) is 0. The van der Waals surface area contributed by atoms with Crippen molar-refractivity contribution in [2.24, 2.45) is 0 Å². The highest BCUT2D eigenvalue weighted by atomic mass is 16.2. The normalized spacial score (nSPS) is 10.5. The minimum absolute atomic E-state index is 0.0483. The number of likely N-dealkylation sites (N-methyl/N-ethyl adjacent to an activating group) is 2. The van der Waals surface area contributed by atoms with Crippen molar-refractivity contribution in [3.63, 3.8) is 0 Å². The lowest BCUT2D eigenvalue weighted by molar-refractivity contribution is -0.139. The fourth-order valence-corrected chi connectivity index (χ4v) is 1.90. The van der Waals surface area contributed by atoms with Crippen molar-refractivity contribution < 1.29 is 9.59 Å². The van der Waals surface area contributed by atoms with Gasteiger partial charge in [-0.15, -0.1) is 0 Å². The van der Waals surface area contributed by atoms with E-state index >= 15 is 0 Å². The van der Waals surface area contributed by atoms with Gasteiger partial charge in [0.2, 0.25) is 11.8 Å². The first-order valence-electron chi connectivity index (χ1n) is 7.08. The molecule has 0 aliphatic rings. The number of carbonyl (C=O) groups is 2. The average molecular weight is 291 g/mol. The van der Waals surface area contributed by atoms with Crippen molar-refractivity contribution in [1.82, 2.24) is 14.7 Å². The van der Waals surface area contributed by atoms with Crippen LogP contribution in [0.5, 0.6) is 0 Å². The summed E-state index contributed by atoms with van der Waals surface area (Å²) in [5.41, 5.74) is 1.08. The summed E-state index contributed by atoms with van der Waals surface area (Å²) in [7, 11) is 5.66. The Morgan fingerprint density at radius 3 is 2.14 bits per heavy atom. The van der Waals surface area contributed by atoms with E-state index in [1.54, 1.807) is 16.8 Å². The number of amides is 2. The first-order valence-corrected chi connectivity index (χ1v) is 7.08. The Morgan fingerprint density at radius 1 is 1.00 bits per heavy atom. The average Bonchev–Trinajstić information content (AvgIpc) is 2.43. The SMILES string of the molecule is CC(=O)N(CCN(C)C)CC(=O)N(C)Cc1ccccc1. The van der Waals surface area contributed by atoms with Gasteiger partial charge in [0, 0.05) is 33.6 Å². The van der Waals surface area contributed by atoms with Crippen molar-refractivity contribution in [2.75, 3.05) is 40.8 Å². The molecule has 21 heavy (non-hydrogen) atoms. The van der Waals surface area contributed by atoms with Crippen LogP contribution < -0.4 is 0 Å². The van der Waals surface area contributed by atoms with Crippen molar-refractivity contribution in [1.29, 1.82) is 0 Å². The molecule has 0 aliphatic heterocycles. The molecule has 0 N–H and O–H groups in total. The van der Waals surface area contributed by atoms with Gasteiger partial charge in [-0.1, -0.05) is 30.3 Å². The van der Waals surface area contributed by atoms with Crippen LogP contribution in [0.1, 0.15) is 12.5 Å². The van der Waals surface area contributed by atoms with Gasteiger partial charge in [-0.25, -0.2) is 0 Å². The van der Waals surface area contributed by atoms with Crippen LogP contribution in [0.4, 0.5) is 0 Å². The topological polar surface area (TPSA) is 43.9 Å². The summed E-state index contributed by atoms with van der Waals surface area (Å²) in [6, 6.07) is 9.82. The number of nitrogens with zero attached hydrogens (tertiary/aromatic N) is 3. The molecule has 5 nitrogen and oxygen atoms in total. The molecule has 0 bridgehead atoms. The van der Waals surface area contributed by atoms with Gasteiger partial charge in [-0.2, -0.15) is 0 Å². The molecule has 0 saturated carbocycles. The van der Waals surface area contributed by atoms with Gasteiger partial charge >= 0.3 is 0 Å². The van der Waals surface area contributed by atoms with Crippen LogP contribution in [0.15, 0.2) is 30.3 Å². The second-order valence-electron chi connectivity index (χ2n) is 5.48. The molecular weight excluding hydrogens is 266 g/mol. The molecule has 116 valence electrons. The van der Waals surface area contributed by atoms with E-state index in [2.05, 4.69) is 0 Å². The van der Waals surface area contributed by atoms with Crippen LogP contribution >= 0.6 is 0 Å². The molecule has 5 heteroatoms. The second kappa shape index (κ2) is 8.42. The first kappa shape index (κ1) is 17.2. The van der Waals surface area contributed by atoms with Crippen LogP contribution in [0.25, 0.3) is 0 Å². The van der Waals surface area contributed by atoms with Gasteiger partial charge in [0.25, 0.3) is 0 Å². The first-order chi connectivity index (χ1) is 9.90. The molecule has 0 heterocycles. The molecule has 1 aromatic carbocycles. The highest BCUT2D eigenvalue weighted by Gasteiger charge is 2.16. The summed E-state index contributed by atoms with van der Waals surface area (Å²) in [4.78, 5) is 29.1. The number of carbonyl (C=O) groups excluding carboxylic acids is 2. The lowest BCUT2D eigenvalue weighted by Crippen LogP contribution is -2.43. The van der Waals surface area contributed by atoms with Crippen molar-refractivity contribution in [3.05, 3.63) is 35.9 Å². The fraction of sp³-hybridized carbons (Fsp3) is 0.500. The smallest absolute Gasteiger partial charge is 0.242 e. The number of hydrogen-bond donors (Lipinski definition) is 0. The van der Waals surface area contributed by atoms with Gasteiger partial charge in [0.05, 0.1) is 6.54 Å². The molecule has 0 aromatic heterocycles. The maximum atomic E-state index is 12.2. The third kappa shape index (κ3) is 6.40. The zero-order chi connectivity index (χ0) is 15.8. The van der Waals surface area contributed by atoms with Crippen LogP contribution in [-0.4, -0.2) is 67.3 Å².